The third-order valence-electron chi connectivity index (χ3n) is 4.58. The van der Waals surface area contributed by atoms with Gasteiger partial charge in [-0.1, -0.05) is 13.0 Å². The molecule has 4 heteroatoms. The van der Waals surface area contributed by atoms with Crippen molar-refractivity contribution in [3.05, 3.63) is 34.9 Å². The molecule has 0 N–H and O–H groups in total. The minimum absolute atomic E-state index is 0.0211. The average Bonchev–Trinajstić information content (AvgIpc) is 2.86. The third-order valence-corrected chi connectivity index (χ3v) is 4.58. The molecule has 4 nitrogen and oxygen atoms in total. The van der Waals surface area contributed by atoms with Gasteiger partial charge in [0.15, 0.2) is 5.78 Å². The monoisotopic (exact) mass is 285 g/mol. The SMILES string of the molecule is CCCN1CCO[C@H]2c3cc4c(cc3OC[C@@H]21)C=CC4=O. The molecule has 3 aliphatic rings. The predicted octanol–water partition coefficient (Wildman–Crippen LogP) is 2.44. The first kappa shape index (κ1) is 13.0. The summed E-state index contributed by atoms with van der Waals surface area (Å²) in [7, 11) is 0. The van der Waals surface area contributed by atoms with E-state index in [9.17, 15) is 4.79 Å². The van der Waals surface area contributed by atoms with Gasteiger partial charge in [-0.3, -0.25) is 9.69 Å². The molecule has 2 heterocycles. The molecule has 1 aliphatic carbocycles. The standard InChI is InChI=1S/C17H19NO3/c1-2-5-18-6-7-20-17-13-9-12-11(3-4-15(12)19)8-16(13)21-10-14(17)18/h3-4,8-9,14,17H,2,5-7,10H2,1H3/t14-,17-/m0/s1. The second-order valence-electron chi connectivity index (χ2n) is 5.88. The Labute approximate surface area is 124 Å². The molecule has 21 heavy (non-hydrogen) atoms. The van der Waals surface area contributed by atoms with Crippen molar-refractivity contribution in [1.82, 2.24) is 4.90 Å². The molecule has 0 bridgehead atoms. The minimum Gasteiger partial charge on any atom is -0.491 e. The van der Waals surface area contributed by atoms with E-state index in [1.165, 1.54) is 0 Å². The number of morpholine rings is 1. The normalized spacial score (nSPS) is 27.0. The molecule has 0 spiro atoms. The maximum absolute atomic E-state index is 11.9. The maximum atomic E-state index is 11.9. The van der Waals surface area contributed by atoms with Crippen LogP contribution in [0.5, 0.6) is 5.75 Å². The van der Waals surface area contributed by atoms with E-state index in [4.69, 9.17) is 9.47 Å². The van der Waals surface area contributed by atoms with E-state index in [0.717, 1.165) is 48.6 Å². The summed E-state index contributed by atoms with van der Waals surface area (Å²) in [5.74, 6) is 0.948. The van der Waals surface area contributed by atoms with Crippen molar-refractivity contribution in [1.29, 1.82) is 0 Å². The number of rotatable bonds is 2. The van der Waals surface area contributed by atoms with Gasteiger partial charge in [0.25, 0.3) is 0 Å². The summed E-state index contributed by atoms with van der Waals surface area (Å²) in [6, 6.07) is 4.21. The van der Waals surface area contributed by atoms with Gasteiger partial charge in [-0.15, -0.1) is 0 Å². The number of allylic oxidation sites excluding steroid dienone is 1. The Morgan fingerprint density at radius 2 is 2.24 bits per heavy atom. The fourth-order valence-electron chi connectivity index (χ4n) is 3.56. The summed E-state index contributed by atoms with van der Waals surface area (Å²) in [4.78, 5) is 14.3. The number of nitrogens with zero attached hydrogens (tertiary/aromatic N) is 1. The van der Waals surface area contributed by atoms with Crippen molar-refractivity contribution >= 4 is 11.9 Å². The molecular weight excluding hydrogens is 266 g/mol. The van der Waals surface area contributed by atoms with Gasteiger partial charge in [0, 0.05) is 17.7 Å². The fourth-order valence-corrected chi connectivity index (χ4v) is 3.56. The Kier molecular flexibility index (Phi) is 3.08. The first-order chi connectivity index (χ1) is 10.3. The summed E-state index contributed by atoms with van der Waals surface area (Å²) in [5.41, 5.74) is 2.76. The molecule has 1 saturated heterocycles. The summed E-state index contributed by atoms with van der Waals surface area (Å²) >= 11 is 0. The molecule has 1 aromatic carbocycles. The summed E-state index contributed by atoms with van der Waals surface area (Å²) in [6.45, 7) is 5.62. The van der Waals surface area contributed by atoms with E-state index in [-0.39, 0.29) is 17.9 Å². The molecule has 1 fully saturated rings. The molecular formula is C17H19NO3. The molecule has 1 aromatic rings. The molecule has 0 radical (unpaired) electrons. The van der Waals surface area contributed by atoms with Crippen LogP contribution in [-0.4, -0.2) is 43.0 Å². The number of carbonyl (C=O) groups excluding carboxylic acids is 1. The van der Waals surface area contributed by atoms with Crippen LogP contribution in [0.1, 0.15) is 40.9 Å². The van der Waals surface area contributed by atoms with Crippen molar-refractivity contribution in [2.75, 3.05) is 26.3 Å². The highest BCUT2D eigenvalue weighted by Crippen LogP contribution is 2.41. The number of carbonyl (C=O) groups is 1. The molecule has 0 saturated carbocycles. The number of ketones is 1. The van der Waals surface area contributed by atoms with E-state index in [1.807, 2.05) is 18.2 Å². The predicted molar refractivity (Wildman–Crippen MR) is 79.6 cm³/mol. The molecule has 2 aliphatic heterocycles. The van der Waals surface area contributed by atoms with Crippen LogP contribution in [0.2, 0.25) is 0 Å². The molecule has 0 aromatic heterocycles. The van der Waals surface area contributed by atoms with Gasteiger partial charge < -0.3 is 9.47 Å². The van der Waals surface area contributed by atoms with Crippen LogP contribution in [0.3, 0.4) is 0 Å². The van der Waals surface area contributed by atoms with Crippen molar-refractivity contribution in [2.45, 2.75) is 25.5 Å². The highest BCUT2D eigenvalue weighted by atomic mass is 16.5. The second-order valence-corrected chi connectivity index (χ2v) is 5.88. The number of hydrogen-bond donors (Lipinski definition) is 0. The van der Waals surface area contributed by atoms with Gasteiger partial charge in [-0.25, -0.2) is 0 Å². The van der Waals surface area contributed by atoms with E-state index in [2.05, 4.69) is 11.8 Å². The molecule has 2 atom stereocenters. The van der Waals surface area contributed by atoms with Gasteiger partial charge in [-0.05, 0) is 36.7 Å². The van der Waals surface area contributed by atoms with E-state index >= 15 is 0 Å². The quantitative estimate of drug-likeness (QED) is 0.836. The highest BCUT2D eigenvalue weighted by molar-refractivity contribution is 6.14. The Morgan fingerprint density at radius 3 is 3.10 bits per heavy atom. The fraction of sp³-hybridized carbons (Fsp3) is 0.471. The van der Waals surface area contributed by atoms with Crippen LogP contribution in [0.25, 0.3) is 6.08 Å². The molecule has 4 rings (SSSR count). The molecule has 0 amide bonds. The van der Waals surface area contributed by atoms with Crippen LogP contribution in [0.15, 0.2) is 18.2 Å². The van der Waals surface area contributed by atoms with E-state index < -0.39 is 0 Å². The van der Waals surface area contributed by atoms with Crippen LogP contribution in [-0.2, 0) is 4.74 Å². The number of benzene rings is 1. The Bertz CT molecular complexity index is 621. The van der Waals surface area contributed by atoms with Gasteiger partial charge in [0.1, 0.15) is 18.5 Å². The number of hydrogen-bond acceptors (Lipinski definition) is 4. The van der Waals surface area contributed by atoms with Gasteiger partial charge in [0.2, 0.25) is 0 Å². The highest BCUT2D eigenvalue weighted by Gasteiger charge is 2.39. The largest absolute Gasteiger partial charge is 0.491 e. The van der Waals surface area contributed by atoms with Crippen molar-refractivity contribution in [3.63, 3.8) is 0 Å². The maximum Gasteiger partial charge on any atom is 0.186 e. The second kappa shape index (κ2) is 4.97. The van der Waals surface area contributed by atoms with Crippen LogP contribution < -0.4 is 4.74 Å². The Morgan fingerprint density at radius 1 is 1.33 bits per heavy atom. The number of ether oxygens (including phenoxy) is 2. The van der Waals surface area contributed by atoms with Crippen molar-refractivity contribution in [3.8, 4) is 5.75 Å². The zero-order valence-electron chi connectivity index (χ0n) is 12.2. The summed E-state index contributed by atoms with van der Waals surface area (Å²) in [5, 5.41) is 0. The van der Waals surface area contributed by atoms with Crippen molar-refractivity contribution in [2.24, 2.45) is 0 Å². The molecule has 110 valence electrons. The van der Waals surface area contributed by atoms with Gasteiger partial charge in [0.05, 0.1) is 12.6 Å². The third kappa shape index (κ3) is 2.01. The number of fused-ring (bicyclic) bond motifs is 4. The lowest BCUT2D eigenvalue weighted by Gasteiger charge is -2.44. The first-order valence-corrected chi connectivity index (χ1v) is 7.66. The van der Waals surface area contributed by atoms with Gasteiger partial charge in [-0.2, -0.15) is 0 Å². The van der Waals surface area contributed by atoms with Crippen LogP contribution >= 0.6 is 0 Å². The topological polar surface area (TPSA) is 38.8 Å². The Balaban J connectivity index is 1.72. The first-order valence-electron chi connectivity index (χ1n) is 7.66. The van der Waals surface area contributed by atoms with Crippen LogP contribution in [0.4, 0.5) is 0 Å². The zero-order chi connectivity index (χ0) is 14.4. The lowest BCUT2D eigenvalue weighted by molar-refractivity contribution is -0.0956. The zero-order valence-corrected chi connectivity index (χ0v) is 12.2. The van der Waals surface area contributed by atoms with E-state index in [0.29, 0.717) is 6.61 Å². The van der Waals surface area contributed by atoms with Crippen molar-refractivity contribution < 1.29 is 14.3 Å². The van der Waals surface area contributed by atoms with Crippen LogP contribution in [0, 0.1) is 0 Å². The minimum atomic E-state index is 0.0211. The van der Waals surface area contributed by atoms with Gasteiger partial charge >= 0.3 is 0 Å². The molecule has 0 unspecified atom stereocenters. The smallest absolute Gasteiger partial charge is 0.186 e. The van der Waals surface area contributed by atoms with E-state index in [1.54, 1.807) is 6.08 Å². The summed E-state index contributed by atoms with van der Waals surface area (Å²) < 4.78 is 12.0. The lowest BCUT2D eigenvalue weighted by Crippen LogP contribution is -2.52. The summed E-state index contributed by atoms with van der Waals surface area (Å²) in [6.07, 6.45) is 4.63. The Hall–Kier alpha value is -1.65. The lowest BCUT2D eigenvalue weighted by atomic mass is 9.93. The average molecular weight is 285 g/mol.